The summed E-state index contributed by atoms with van der Waals surface area (Å²) >= 11 is 0. The van der Waals surface area contributed by atoms with Crippen LogP contribution in [0.25, 0.3) is 11.1 Å². The number of carbonyl (C=O) groups is 1. The van der Waals surface area contributed by atoms with Crippen LogP contribution in [0.15, 0.2) is 27.5 Å². The molecule has 4 rings (SSSR count). The fraction of sp³-hybridized carbons (Fsp3) is 0.600. The number of fused-ring (bicyclic) bond motifs is 1. The standard InChI is InChI=1S/C20H27N3O4S/c1-3-28(25,26)17-4-5-19-18(12-17)21-20(27-19)15-6-9-23(13-15)16-7-10-22(11-8-16)14(2)24/h4-5,12,15-16H,3,6-11,13H2,1-2H3. The van der Waals surface area contributed by atoms with E-state index in [0.717, 1.165) is 45.4 Å². The summed E-state index contributed by atoms with van der Waals surface area (Å²) in [5.41, 5.74) is 1.25. The number of rotatable bonds is 4. The first-order chi connectivity index (χ1) is 13.4. The van der Waals surface area contributed by atoms with Crippen molar-refractivity contribution in [3.63, 3.8) is 0 Å². The van der Waals surface area contributed by atoms with Crippen molar-refractivity contribution in [3.8, 4) is 0 Å². The number of amides is 1. The van der Waals surface area contributed by atoms with Crippen LogP contribution in [-0.4, -0.2) is 67.1 Å². The number of hydrogen-bond acceptors (Lipinski definition) is 6. The normalized spacial score (nSPS) is 22.2. The van der Waals surface area contributed by atoms with Crippen LogP contribution < -0.4 is 0 Å². The van der Waals surface area contributed by atoms with Gasteiger partial charge in [-0.2, -0.15) is 0 Å². The minimum atomic E-state index is -3.25. The second-order valence-corrected chi connectivity index (χ2v) is 10.1. The van der Waals surface area contributed by atoms with Gasteiger partial charge in [-0.3, -0.25) is 9.69 Å². The third kappa shape index (κ3) is 3.67. The number of hydrogen-bond donors (Lipinski definition) is 0. The summed E-state index contributed by atoms with van der Waals surface area (Å²) in [5, 5.41) is 0. The molecule has 1 aromatic carbocycles. The van der Waals surface area contributed by atoms with E-state index < -0.39 is 9.84 Å². The number of benzene rings is 1. The van der Waals surface area contributed by atoms with Crippen molar-refractivity contribution >= 4 is 26.8 Å². The minimum Gasteiger partial charge on any atom is -0.440 e. The number of carbonyl (C=O) groups excluding carboxylic acids is 1. The summed E-state index contributed by atoms with van der Waals surface area (Å²) < 4.78 is 30.2. The van der Waals surface area contributed by atoms with Gasteiger partial charge in [0.05, 0.1) is 10.6 Å². The first-order valence-corrected chi connectivity index (χ1v) is 11.7. The van der Waals surface area contributed by atoms with Gasteiger partial charge in [-0.1, -0.05) is 6.92 Å². The van der Waals surface area contributed by atoms with E-state index in [1.807, 2.05) is 4.90 Å². The molecule has 0 bridgehead atoms. The first kappa shape index (κ1) is 19.4. The number of likely N-dealkylation sites (tertiary alicyclic amines) is 2. The van der Waals surface area contributed by atoms with Crippen molar-refractivity contribution in [1.82, 2.24) is 14.8 Å². The maximum atomic E-state index is 12.1. The molecule has 0 spiro atoms. The zero-order valence-electron chi connectivity index (χ0n) is 16.4. The average Bonchev–Trinajstić information content (AvgIpc) is 3.34. The number of sulfone groups is 1. The van der Waals surface area contributed by atoms with Gasteiger partial charge in [-0.05, 0) is 44.0 Å². The lowest BCUT2D eigenvalue weighted by molar-refractivity contribution is -0.130. The molecule has 0 radical (unpaired) electrons. The molecule has 2 aliphatic heterocycles. The molecule has 8 heteroatoms. The molecule has 2 fully saturated rings. The molecule has 2 aliphatic rings. The van der Waals surface area contributed by atoms with E-state index in [1.54, 1.807) is 32.0 Å². The van der Waals surface area contributed by atoms with E-state index in [4.69, 9.17) is 4.42 Å². The summed E-state index contributed by atoms with van der Waals surface area (Å²) in [5.74, 6) is 1.16. The van der Waals surface area contributed by atoms with Crippen molar-refractivity contribution in [2.75, 3.05) is 31.9 Å². The van der Waals surface area contributed by atoms with E-state index in [2.05, 4.69) is 9.88 Å². The first-order valence-electron chi connectivity index (χ1n) is 10.00. The summed E-state index contributed by atoms with van der Waals surface area (Å²) in [7, 11) is -3.25. The molecule has 0 saturated carbocycles. The van der Waals surface area contributed by atoms with Crippen LogP contribution in [0, 0.1) is 0 Å². The number of aromatic nitrogens is 1. The van der Waals surface area contributed by atoms with Crippen LogP contribution in [-0.2, 0) is 14.6 Å². The molecule has 1 aromatic heterocycles. The molecule has 1 atom stereocenters. The second kappa shape index (κ2) is 7.48. The van der Waals surface area contributed by atoms with Gasteiger partial charge in [0.25, 0.3) is 0 Å². The van der Waals surface area contributed by atoms with Gasteiger partial charge in [-0.25, -0.2) is 13.4 Å². The van der Waals surface area contributed by atoms with Crippen LogP contribution >= 0.6 is 0 Å². The predicted octanol–water partition coefficient (Wildman–Crippen LogP) is 2.42. The van der Waals surface area contributed by atoms with Crippen LogP contribution in [0.4, 0.5) is 0 Å². The summed E-state index contributed by atoms with van der Waals surface area (Å²) in [6.45, 7) is 6.84. The lowest BCUT2D eigenvalue weighted by atomic mass is 10.0. The van der Waals surface area contributed by atoms with Gasteiger partial charge < -0.3 is 9.32 Å². The molecule has 28 heavy (non-hydrogen) atoms. The van der Waals surface area contributed by atoms with Gasteiger partial charge in [0.2, 0.25) is 5.91 Å². The highest BCUT2D eigenvalue weighted by Gasteiger charge is 2.34. The van der Waals surface area contributed by atoms with E-state index in [-0.39, 0.29) is 17.6 Å². The number of oxazole rings is 1. The lowest BCUT2D eigenvalue weighted by Crippen LogP contribution is -2.45. The van der Waals surface area contributed by atoms with Crippen LogP contribution in [0.1, 0.15) is 44.9 Å². The molecule has 2 saturated heterocycles. The molecule has 2 aromatic rings. The molecular weight excluding hydrogens is 378 g/mol. The molecule has 1 unspecified atom stereocenters. The number of nitrogens with zero attached hydrogens (tertiary/aromatic N) is 3. The van der Waals surface area contributed by atoms with Crippen molar-refractivity contribution in [3.05, 3.63) is 24.1 Å². The van der Waals surface area contributed by atoms with E-state index in [1.165, 1.54) is 0 Å². The van der Waals surface area contributed by atoms with E-state index >= 15 is 0 Å². The van der Waals surface area contributed by atoms with Crippen molar-refractivity contribution in [2.45, 2.75) is 50.0 Å². The van der Waals surface area contributed by atoms with Gasteiger partial charge in [0.15, 0.2) is 21.3 Å². The highest BCUT2D eigenvalue weighted by Crippen LogP contribution is 2.32. The van der Waals surface area contributed by atoms with Crippen molar-refractivity contribution < 1.29 is 17.6 Å². The Bertz CT molecular complexity index is 976. The van der Waals surface area contributed by atoms with Crippen molar-refractivity contribution in [2.24, 2.45) is 0 Å². The maximum absolute atomic E-state index is 12.1. The van der Waals surface area contributed by atoms with Crippen LogP contribution in [0.3, 0.4) is 0 Å². The zero-order valence-corrected chi connectivity index (χ0v) is 17.2. The van der Waals surface area contributed by atoms with Gasteiger partial charge >= 0.3 is 0 Å². The Morgan fingerprint density at radius 1 is 1.21 bits per heavy atom. The van der Waals surface area contributed by atoms with Crippen LogP contribution in [0.5, 0.6) is 0 Å². The molecule has 3 heterocycles. The monoisotopic (exact) mass is 405 g/mol. The largest absolute Gasteiger partial charge is 0.440 e. The highest BCUT2D eigenvalue weighted by atomic mass is 32.2. The molecule has 0 N–H and O–H groups in total. The molecule has 152 valence electrons. The third-order valence-corrected chi connectivity index (χ3v) is 7.84. The molecule has 7 nitrogen and oxygen atoms in total. The maximum Gasteiger partial charge on any atom is 0.219 e. The average molecular weight is 406 g/mol. The SMILES string of the molecule is CCS(=O)(=O)c1ccc2oc(C3CCN(C4CCN(C(C)=O)CC4)C3)nc2c1. The van der Waals surface area contributed by atoms with Crippen LogP contribution in [0.2, 0.25) is 0 Å². The fourth-order valence-electron chi connectivity index (χ4n) is 4.33. The predicted molar refractivity (Wildman–Crippen MR) is 106 cm³/mol. The van der Waals surface area contributed by atoms with Gasteiger partial charge in [0, 0.05) is 38.5 Å². The lowest BCUT2D eigenvalue weighted by Gasteiger charge is -2.36. The quantitative estimate of drug-likeness (QED) is 0.777. The topological polar surface area (TPSA) is 83.7 Å². The Hall–Kier alpha value is -1.93. The summed E-state index contributed by atoms with van der Waals surface area (Å²) in [4.78, 5) is 20.8. The Labute approximate surface area is 165 Å². The highest BCUT2D eigenvalue weighted by molar-refractivity contribution is 7.91. The molecule has 1 amide bonds. The van der Waals surface area contributed by atoms with E-state index in [9.17, 15) is 13.2 Å². The second-order valence-electron chi connectivity index (χ2n) is 7.80. The Morgan fingerprint density at radius 3 is 2.64 bits per heavy atom. The Kier molecular flexibility index (Phi) is 5.18. The van der Waals surface area contributed by atoms with Gasteiger partial charge in [0.1, 0.15) is 5.52 Å². The van der Waals surface area contributed by atoms with E-state index in [0.29, 0.717) is 27.9 Å². The fourth-order valence-corrected chi connectivity index (χ4v) is 5.23. The number of piperidine rings is 1. The minimum absolute atomic E-state index is 0.0727. The zero-order chi connectivity index (χ0) is 19.9. The third-order valence-electron chi connectivity index (χ3n) is 6.11. The molecular formula is C20H27N3O4S. The molecule has 0 aliphatic carbocycles. The van der Waals surface area contributed by atoms with Crippen molar-refractivity contribution in [1.29, 1.82) is 0 Å². The smallest absolute Gasteiger partial charge is 0.219 e. The Balaban J connectivity index is 1.45. The Morgan fingerprint density at radius 2 is 1.96 bits per heavy atom. The summed E-state index contributed by atoms with van der Waals surface area (Å²) in [6.07, 6.45) is 3.01. The summed E-state index contributed by atoms with van der Waals surface area (Å²) in [6, 6.07) is 5.43. The van der Waals surface area contributed by atoms with Gasteiger partial charge in [-0.15, -0.1) is 0 Å².